The minimum Gasteiger partial charge on any atom is -0.382 e. The van der Waals surface area contributed by atoms with Crippen LogP contribution in [0.15, 0.2) is 52.5 Å². The summed E-state index contributed by atoms with van der Waals surface area (Å²) in [6, 6.07) is 12.9. The number of benzene rings is 2. The molecule has 29 heavy (non-hydrogen) atoms. The number of nitrogens with one attached hydrogen (secondary N) is 1. The van der Waals surface area contributed by atoms with Gasteiger partial charge in [-0.05, 0) is 29.2 Å². The molecule has 2 aromatic carbocycles. The average molecular weight is 416 g/mol. The second-order valence-corrected chi connectivity index (χ2v) is 7.91. The second-order valence-electron chi connectivity index (χ2n) is 6.38. The molecule has 1 heterocycles. The van der Waals surface area contributed by atoms with Crippen LogP contribution in [0.3, 0.4) is 0 Å². The van der Waals surface area contributed by atoms with Crippen LogP contribution in [-0.4, -0.2) is 33.5 Å². The van der Waals surface area contributed by atoms with Crippen molar-refractivity contribution in [2.45, 2.75) is 23.9 Å². The van der Waals surface area contributed by atoms with Crippen LogP contribution in [-0.2, 0) is 21.3 Å². The minimum absolute atomic E-state index is 0.0957. The maximum Gasteiger partial charge on any atom is 0.238 e. The van der Waals surface area contributed by atoms with Gasteiger partial charge in [0.2, 0.25) is 10.0 Å². The van der Waals surface area contributed by atoms with Gasteiger partial charge in [-0.25, -0.2) is 13.6 Å². The normalized spacial score (nSPS) is 16.8. The average Bonchev–Trinajstić information content (AvgIpc) is 3.26. The Morgan fingerprint density at radius 2 is 1.90 bits per heavy atom. The van der Waals surface area contributed by atoms with Crippen LogP contribution in [0.5, 0.6) is 0 Å². The molecule has 0 aromatic heterocycles. The third kappa shape index (κ3) is 5.56. The summed E-state index contributed by atoms with van der Waals surface area (Å²) in [5.41, 5.74) is 8.55. The molecule has 9 heteroatoms. The maximum atomic E-state index is 11.9. The van der Waals surface area contributed by atoms with E-state index in [1.807, 2.05) is 24.3 Å². The van der Waals surface area contributed by atoms with Gasteiger partial charge in [0.15, 0.2) is 5.84 Å². The number of hydrazone groups is 1. The lowest BCUT2D eigenvalue weighted by molar-refractivity contribution is 0.190. The SMILES string of the molecule is C#C.N/N=C(\N)c1c(-c2ccc(CN[C@@H]3CCOC3)cc2)cccc1S(N)(=O)=O. The van der Waals surface area contributed by atoms with Crippen LogP contribution < -0.4 is 22.0 Å². The zero-order chi connectivity index (χ0) is 21.4. The molecule has 0 aliphatic carbocycles. The first-order valence-electron chi connectivity index (χ1n) is 8.83. The molecule has 0 radical (unpaired) electrons. The van der Waals surface area contributed by atoms with Gasteiger partial charge in [-0.2, -0.15) is 5.10 Å². The van der Waals surface area contributed by atoms with Crippen molar-refractivity contribution >= 4 is 15.9 Å². The molecule has 2 aromatic rings. The number of ether oxygens (including phenoxy) is 1. The van der Waals surface area contributed by atoms with Gasteiger partial charge in [-0.1, -0.05) is 36.4 Å². The van der Waals surface area contributed by atoms with E-state index < -0.39 is 10.0 Å². The summed E-state index contributed by atoms with van der Waals surface area (Å²) >= 11 is 0. The van der Waals surface area contributed by atoms with E-state index in [4.69, 9.17) is 21.5 Å². The van der Waals surface area contributed by atoms with Gasteiger partial charge in [0.25, 0.3) is 0 Å². The number of nitrogens with zero attached hydrogens (tertiary/aromatic N) is 1. The quantitative estimate of drug-likeness (QED) is 0.180. The maximum absolute atomic E-state index is 11.9. The molecular formula is C20H25N5O3S. The van der Waals surface area contributed by atoms with Crippen molar-refractivity contribution in [2.75, 3.05) is 13.2 Å². The standard InChI is InChI=1S/C18H23N5O3S.C2H2/c19-18(23-20)17-15(2-1-3-16(17)27(21,24)25)13-6-4-12(5-7-13)10-22-14-8-9-26-11-14;1-2/h1-7,14,22H,8-11,20H2,(H2,19,23)(H2,21,24,25);1-2H/t14-;/m1./s1. The van der Waals surface area contributed by atoms with Gasteiger partial charge in [0, 0.05) is 24.8 Å². The molecule has 1 fully saturated rings. The molecule has 8 nitrogen and oxygen atoms in total. The predicted octanol–water partition coefficient (Wildman–Crippen LogP) is 0.708. The highest BCUT2D eigenvalue weighted by Crippen LogP contribution is 2.28. The molecule has 1 aliphatic heterocycles. The van der Waals surface area contributed by atoms with Gasteiger partial charge >= 0.3 is 0 Å². The van der Waals surface area contributed by atoms with Crippen molar-refractivity contribution in [1.29, 1.82) is 0 Å². The van der Waals surface area contributed by atoms with E-state index in [0.717, 1.165) is 37.3 Å². The predicted molar refractivity (Wildman–Crippen MR) is 114 cm³/mol. The van der Waals surface area contributed by atoms with Crippen LogP contribution in [0.1, 0.15) is 17.5 Å². The number of amidine groups is 1. The fourth-order valence-electron chi connectivity index (χ4n) is 3.10. The first-order valence-corrected chi connectivity index (χ1v) is 10.4. The smallest absolute Gasteiger partial charge is 0.238 e. The van der Waals surface area contributed by atoms with Crippen molar-refractivity contribution in [3.8, 4) is 24.0 Å². The van der Waals surface area contributed by atoms with Crippen molar-refractivity contribution in [3.05, 3.63) is 53.6 Å². The number of hydrogen-bond acceptors (Lipinski definition) is 6. The summed E-state index contributed by atoms with van der Waals surface area (Å²) < 4.78 is 29.2. The summed E-state index contributed by atoms with van der Waals surface area (Å²) in [6.07, 6.45) is 9.01. The Morgan fingerprint density at radius 1 is 1.21 bits per heavy atom. The molecule has 7 N–H and O–H groups in total. The van der Waals surface area contributed by atoms with E-state index in [0.29, 0.717) is 11.6 Å². The Balaban J connectivity index is 0.00000145. The fraction of sp³-hybridized carbons (Fsp3) is 0.250. The molecule has 0 unspecified atom stereocenters. The van der Waals surface area contributed by atoms with Gasteiger partial charge in [-0.15, -0.1) is 12.8 Å². The summed E-state index contributed by atoms with van der Waals surface area (Å²) in [5.74, 6) is 5.20. The Kier molecular flexibility index (Phi) is 7.75. The number of hydrogen-bond donors (Lipinski definition) is 4. The van der Waals surface area contributed by atoms with Crippen molar-refractivity contribution in [3.63, 3.8) is 0 Å². The summed E-state index contributed by atoms with van der Waals surface area (Å²) in [7, 11) is -3.98. The molecule has 1 saturated heterocycles. The lowest BCUT2D eigenvalue weighted by Crippen LogP contribution is -2.28. The number of sulfonamides is 1. The lowest BCUT2D eigenvalue weighted by Gasteiger charge is -2.14. The van der Waals surface area contributed by atoms with E-state index in [1.165, 1.54) is 6.07 Å². The van der Waals surface area contributed by atoms with Gasteiger partial charge in [0.1, 0.15) is 0 Å². The monoisotopic (exact) mass is 415 g/mol. The number of primary sulfonamides is 1. The van der Waals surface area contributed by atoms with E-state index in [9.17, 15) is 8.42 Å². The Bertz CT molecular complexity index is 979. The van der Waals surface area contributed by atoms with E-state index in [-0.39, 0.29) is 16.3 Å². The first-order chi connectivity index (χ1) is 13.9. The van der Waals surface area contributed by atoms with Crippen LogP contribution in [0.2, 0.25) is 0 Å². The highest BCUT2D eigenvalue weighted by atomic mass is 32.2. The van der Waals surface area contributed by atoms with Crippen LogP contribution in [0.4, 0.5) is 0 Å². The van der Waals surface area contributed by atoms with Crippen molar-refractivity contribution in [1.82, 2.24) is 5.32 Å². The molecular weight excluding hydrogens is 390 g/mol. The first kappa shape index (κ1) is 22.4. The zero-order valence-corrected chi connectivity index (χ0v) is 16.7. The molecule has 3 rings (SSSR count). The number of terminal acetylenes is 1. The van der Waals surface area contributed by atoms with Gasteiger partial charge < -0.3 is 21.6 Å². The van der Waals surface area contributed by atoms with Gasteiger partial charge in [0.05, 0.1) is 11.5 Å². The highest BCUT2D eigenvalue weighted by molar-refractivity contribution is 7.89. The molecule has 0 amide bonds. The third-order valence-electron chi connectivity index (χ3n) is 4.52. The number of nitrogens with two attached hydrogens (primary N) is 3. The third-order valence-corrected chi connectivity index (χ3v) is 5.47. The second kappa shape index (κ2) is 10.0. The summed E-state index contributed by atoms with van der Waals surface area (Å²) in [4.78, 5) is -0.112. The van der Waals surface area contributed by atoms with Crippen LogP contribution in [0.25, 0.3) is 11.1 Å². The Morgan fingerprint density at radius 3 is 2.45 bits per heavy atom. The largest absolute Gasteiger partial charge is 0.382 e. The van der Waals surface area contributed by atoms with E-state index in [2.05, 4.69) is 23.3 Å². The van der Waals surface area contributed by atoms with Crippen molar-refractivity contribution < 1.29 is 13.2 Å². The van der Waals surface area contributed by atoms with Crippen LogP contribution >= 0.6 is 0 Å². The van der Waals surface area contributed by atoms with Gasteiger partial charge in [-0.3, -0.25) is 0 Å². The molecule has 0 spiro atoms. The molecule has 0 saturated carbocycles. The highest BCUT2D eigenvalue weighted by Gasteiger charge is 2.21. The van der Waals surface area contributed by atoms with Crippen molar-refractivity contribution in [2.24, 2.45) is 21.8 Å². The molecule has 0 bridgehead atoms. The van der Waals surface area contributed by atoms with E-state index >= 15 is 0 Å². The lowest BCUT2D eigenvalue weighted by atomic mass is 9.98. The molecule has 154 valence electrons. The molecule has 1 atom stereocenters. The topological polar surface area (TPSA) is 146 Å². The zero-order valence-electron chi connectivity index (χ0n) is 15.9. The van der Waals surface area contributed by atoms with Crippen LogP contribution in [0, 0.1) is 12.8 Å². The Hall–Kier alpha value is -2.90. The number of rotatable bonds is 6. The minimum atomic E-state index is -3.98. The Labute approximate surface area is 171 Å². The molecule has 1 aliphatic rings. The summed E-state index contributed by atoms with van der Waals surface area (Å²) in [5, 5.41) is 12.2. The fourth-order valence-corrected chi connectivity index (χ4v) is 3.86. The van der Waals surface area contributed by atoms with E-state index in [1.54, 1.807) is 12.1 Å². The summed E-state index contributed by atoms with van der Waals surface area (Å²) in [6.45, 7) is 2.26.